The molecular formula is C18H27NO3S. The zero-order chi connectivity index (χ0) is 16.6. The van der Waals surface area contributed by atoms with Crippen LogP contribution < -0.4 is 0 Å². The van der Waals surface area contributed by atoms with E-state index in [9.17, 15) is 9.59 Å². The van der Waals surface area contributed by atoms with Gasteiger partial charge in [-0.2, -0.15) is 0 Å². The summed E-state index contributed by atoms with van der Waals surface area (Å²) >= 11 is 1.73. The monoisotopic (exact) mass is 337 g/mol. The van der Waals surface area contributed by atoms with Gasteiger partial charge in [-0.25, -0.2) is 4.79 Å². The molecule has 6 atom stereocenters. The van der Waals surface area contributed by atoms with Crippen LogP contribution in [0.2, 0.25) is 0 Å². The summed E-state index contributed by atoms with van der Waals surface area (Å²) in [5.74, 6) is 2.38. The predicted molar refractivity (Wildman–Crippen MR) is 89.8 cm³/mol. The van der Waals surface area contributed by atoms with Crippen molar-refractivity contribution in [3.05, 3.63) is 0 Å². The number of nitrogens with zero attached hydrogens (tertiary/aromatic N) is 1. The molecule has 3 aliphatic carbocycles. The fourth-order valence-corrected chi connectivity index (χ4v) is 6.90. The zero-order valence-electron chi connectivity index (χ0n) is 14.5. The van der Waals surface area contributed by atoms with Gasteiger partial charge in [-0.1, -0.05) is 20.8 Å². The Kier molecular flexibility index (Phi) is 3.37. The SMILES string of the molecule is C[C@H]1[C@H]2C[C@H](C[C@H]1OC(=O)[C@H]1CS[C@@]3(C)CCC(=O)N13)C2(C)C. The van der Waals surface area contributed by atoms with Gasteiger partial charge in [0.2, 0.25) is 5.91 Å². The number of thioether (sulfide) groups is 1. The topological polar surface area (TPSA) is 46.6 Å². The Morgan fingerprint density at radius 2 is 2.04 bits per heavy atom. The molecule has 5 heteroatoms. The molecule has 3 saturated carbocycles. The van der Waals surface area contributed by atoms with Gasteiger partial charge in [-0.15, -0.1) is 11.8 Å². The average Bonchev–Trinajstić information content (AvgIpc) is 2.97. The molecule has 128 valence electrons. The van der Waals surface area contributed by atoms with Gasteiger partial charge in [0.05, 0.1) is 4.87 Å². The van der Waals surface area contributed by atoms with Crippen molar-refractivity contribution in [2.75, 3.05) is 5.75 Å². The molecule has 0 aromatic rings. The number of fused-ring (bicyclic) bond motifs is 3. The van der Waals surface area contributed by atoms with E-state index in [-0.39, 0.29) is 28.9 Å². The Hall–Kier alpha value is -0.710. The first kappa shape index (κ1) is 15.8. The Morgan fingerprint density at radius 1 is 1.30 bits per heavy atom. The molecule has 4 nitrogen and oxygen atoms in total. The number of esters is 1. The maximum atomic E-state index is 12.7. The smallest absolute Gasteiger partial charge is 0.330 e. The second kappa shape index (κ2) is 4.90. The quantitative estimate of drug-likeness (QED) is 0.727. The minimum Gasteiger partial charge on any atom is -0.461 e. The average molecular weight is 337 g/mol. The second-order valence-corrected chi connectivity index (χ2v) is 10.2. The van der Waals surface area contributed by atoms with Crippen LogP contribution >= 0.6 is 11.8 Å². The number of hydrogen-bond acceptors (Lipinski definition) is 4. The van der Waals surface area contributed by atoms with Crippen LogP contribution in [-0.4, -0.2) is 39.5 Å². The normalized spacial score (nSPS) is 47.2. The lowest BCUT2D eigenvalue weighted by atomic mass is 9.45. The van der Waals surface area contributed by atoms with Gasteiger partial charge < -0.3 is 9.64 Å². The molecule has 5 fully saturated rings. The van der Waals surface area contributed by atoms with Crippen molar-refractivity contribution in [3.63, 3.8) is 0 Å². The highest BCUT2D eigenvalue weighted by molar-refractivity contribution is 8.01. The number of hydrogen-bond donors (Lipinski definition) is 0. The summed E-state index contributed by atoms with van der Waals surface area (Å²) in [7, 11) is 0. The number of amides is 1. The van der Waals surface area contributed by atoms with Crippen molar-refractivity contribution in [2.24, 2.45) is 23.2 Å². The molecule has 2 bridgehead atoms. The molecular weight excluding hydrogens is 310 g/mol. The largest absolute Gasteiger partial charge is 0.461 e. The van der Waals surface area contributed by atoms with Crippen molar-refractivity contribution in [2.45, 2.75) is 70.4 Å². The molecule has 0 aromatic heterocycles. The van der Waals surface area contributed by atoms with Crippen LogP contribution in [0.1, 0.15) is 53.4 Å². The lowest BCUT2D eigenvalue weighted by molar-refractivity contribution is -0.190. The summed E-state index contributed by atoms with van der Waals surface area (Å²) in [5, 5.41) is 0. The first-order chi connectivity index (χ1) is 10.7. The summed E-state index contributed by atoms with van der Waals surface area (Å²) in [4.78, 5) is 26.5. The first-order valence-corrected chi connectivity index (χ1v) is 9.89. The predicted octanol–water partition coefficient (Wildman–Crippen LogP) is 3.05. The van der Waals surface area contributed by atoms with Crippen LogP contribution in [0, 0.1) is 23.2 Å². The van der Waals surface area contributed by atoms with E-state index in [2.05, 4.69) is 27.7 Å². The Bertz CT molecular complexity index is 562. The van der Waals surface area contributed by atoms with E-state index >= 15 is 0 Å². The van der Waals surface area contributed by atoms with E-state index in [1.807, 2.05) is 0 Å². The lowest BCUT2D eigenvalue weighted by Gasteiger charge is -2.61. The second-order valence-electron chi connectivity index (χ2n) is 8.70. The van der Waals surface area contributed by atoms with Crippen LogP contribution in [0.15, 0.2) is 0 Å². The highest BCUT2D eigenvalue weighted by atomic mass is 32.2. The summed E-state index contributed by atoms with van der Waals surface area (Å²) < 4.78 is 5.94. The van der Waals surface area contributed by atoms with Gasteiger partial charge in [-0.05, 0) is 49.4 Å². The van der Waals surface area contributed by atoms with Crippen LogP contribution in [0.4, 0.5) is 0 Å². The molecule has 2 heterocycles. The van der Waals surface area contributed by atoms with E-state index in [0.717, 1.165) is 12.8 Å². The summed E-state index contributed by atoms with van der Waals surface area (Å²) in [5.41, 5.74) is 0.398. The van der Waals surface area contributed by atoms with E-state index in [4.69, 9.17) is 4.74 Å². The molecule has 0 radical (unpaired) electrons. The van der Waals surface area contributed by atoms with Crippen molar-refractivity contribution < 1.29 is 14.3 Å². The van der Waals surface area contributed by atoms with Gasteiger partial charge in [0.1, 0.15) is 12.1 Å². The van der Waals surface area contributed by atoms with E-state index in [0.29, 0.717) is 35.3 Å². The van der Waals surface area contributed by atoms with Crippen LogP contribution in [0.3, 0.4) is 0 Å². The van der Waals surface area contributed by atoms with Gasteiger partial charge in [-0.3, -0.25) is 4.79 Å². The Morgan fingerprint density at radius 3 is 2.70 bits per heavy atom. The molecule has 0 aromatic carbocycles. The molecule has 2 saturated heterocycles. The van der Waals surface area contributed by atoms with E-state index < -0.39 is 0 Å². The fourth-order valence-electron chi connectivity index (χ4n) is 5.48. The minimum atomic E-state index is -0.376. The Balaban J connectivity index is 1.44. The standard InChI is InChI=1S/C18H27NO3S/c1-10-12-7-11(17(12,2)3)8-14(10)22-16(21)13-9-23-18(4)6-5-15(20)19(13)18/h10-14H,5-9H2,1-4H3/t10-,11+,12+,13+,14+,18-/m0/s1. The highest BCUT2D eigenvalue weighted by Gasteiger charge is 2.58. The molecule has 23 heavy (non-hydrogen) atoms. The number of carbonyl (C=O) groups is 2. The summed E-state index contributed by atoms with van der Waals surface area (Å²) in [6.07, 6.45) is 3.71. The van der Waals surface area contributed by atoms with E-state index in [1.54, 1.807) is 16.7 Å². The lowest BCUT2D eigenvalue weighted by Crippen LogP contribution is -2.58. The number of carbonyl (C=O) groups excluding carboxylic acids is 2. The molecule has 2 aliphatic heterocycles. The number of rotatable bonds is 2. The van der Waals surface area contributed by atoms with Gasteiger partial charge in [0.15, 0.2) is 0 Å². The summed E-state index contributed by atoms with van der Waals surface area (Å²) in [6.45, 7) is 9.01. The maximum absolute atomic E-state index is 12.7. The van der Waals surface area contributed by atoms with Crippen molar-refractivity contribution in [1.82, 2.24) is 4.90 Å². The molecule has 5 aliphatic rings. The molecule has 1 amide bonds. The maximum Gasteiger partial charge on any atom is 0.330 e. The first-order valence-electron chi connectivity index (χ1n) is 8.90. The zero-order valence-corrected chi connectivity index (χ0v) is 15.3. The highest BCUT2D eigenvalue weighted by Crippen LogP contribution is 2.61. The Labute approximate surface area is 142 Å². The van der Waals surface area contributed by atoms with Crippen LogP contribution in [0.25, 0.3) is 0 Å². The van der Waals surface area contributed by atoms with Crippen molar-refractivity contribution >= 4 is 23.6 Å². The molecule has 0 N–H and O–H groups in total. The third-order valence-corrected chi connectivity index (χ3v) is 8.77. The van der Waals surface area contributed by atoms with Gasteiger partial charge in [0.25, 0.3) is 0 Å². The molecule has 0 spiro atoms. The third-order valence-electron chi connectivity index (χ3n) is 7.27. The molecule has 5 rings (SSSR count). The van der Waals surface area contributed by atoms with Gasteiger partial charge in [0, 0.05) is 12.2 Å². The van der Waals surface area contributed by atoms with Crippen LogP contribution in [0.5, 0.6) is 0 Å². The fraction of sp³-hybridized carbons (Fsp3) is 0.889. The van der Waals surface area contributed by atoms with E-state index in [1.165, 1.54) is 6.42 Å². The molecule has 0 unspecified atom stereocenters. The number of ether oxygens (including phenoxy) is 1. The summed E-state index contributed by atoms with van der Waals surface area (Å²) in [6, 6.07) is -0.376. The third kappa shape index (κ3) is 2.11. The van der Waals surface area contributed by atoms with Crippen LogP contribution in [-0.2, 0) is 14.3 Å². The van der Waals surface area contributed by atoms with Crippen molar-refractivity contribution in [1.29, 1.82) is 0 Å². The minimum absolute atomic E-state index is 0.0360. The van der Waals surface area contributed by atoms with Gasteiger partial charge >= 0.3 is 5.97 Å². The van der Waals surface area contributed by atoms with Crippen molar-refractivity contribution in [3.8, 4) is 0 Å².